The SMILES string of the molecule is C=C(C)C(=O)O/C(C)=C(\C)Oc1ccc(-c2ccc(-c3ccc(CC)cc3)c(F)c2F)cc1. The average Bonchev–Trinajstić information content (AvgIpc) is 2.81. The highest BCUT2D eigenvalue weighted by atomic mass is 19.2. The molecule has 170 valence electrons. The number of allylic oxidation sites excluding steroid dienone is 2. The molecular formula is C28H26F2O3. The van der Waals surface area contributed by atoms with Crippen molar-refractivity contribution in [1.82, 2.24) is 0 Å². The summed E-state index contributed by atoms with van der Waals surface area (Å²) in [5, 5.41) is 0. The number of carbonyl (C=O) groups excluding carboxylic acids is 1. The number of hydrogen-bond donors (Lipinski definition) is 0. The van der Waals surface area contributed by atoms with Gasteiger partial charge in [0.1, 0.15) is 17.3 Å². The van der Waals surface area contributed by atoms with Crippen molar-refractivity contribution in [1.29, 1.82) is 0 Å². The summed E-state index contributed by atoms with van der Waals surface area (Å²) in [5.74, 6) is -1.15. The highest BCUT2D eigenvalue weighted by molar-refractivity contribution is 5.87. The Balaban J connectivity index is 1.81. The van der Waals surface area contributed by atoms with Gasteiger partial charge in [-0.15, -0.1) is 0 Å². The van der Waals surface area contributed by atoms with Gasteiger partial charge in [-0.2, -0.15) is 0 Å². The molecule has 0 atom stereocenters. The zero-order valence-electron chi connectivity index (χ0n) is 19.2. The Morgan fingerprint density at radius 3 is 1.73 bits per heavy atom. The highest BCUT2D eigenvalue weighted by Gasteiger charge is 2.16. The predicted octanol–water partition coefficient (Wildman–Crippen LogP) is 7.61. The average molecular weight is 449 g/mol. The summed E-state index contributed by atoms with van der Waals surface area (Å²) in [6.07, 6.45) is 0.879. The topological polar surface area (TPSA) is 35.5 Å². The van der Waals surface area contributed by atoms with E-state index in [0.717, 1.165) is 12.0 Å². The number of halogens is 2. The highest BCUT2D eigenvalue weighted by Crippen LogP contribution is 2.32. The quantitative estimate of drug-likeness (QED) is 0.212. The van der Waals surface area contributed by atoms with E-state index >= 15 is 0 Å². The van der Waals surface area contributed by atoms with Crippen LogP contribution in [0.25, 0.3) is 22.3 Å². The molecule has 0 aromatic heterocycles. The molecule has 0 aliphatic heterocycles. The molecule has 0 saturated carbocycles. The minimum absolute atomic E-state index is 0.159. The second-order valence-corrected chi connectivity index (χ2v) is 7.75. The molecule has 3 aromatic rings. The molecule has 33 heavy (non-hydrogen) atoms. The van der Waals surface area contributed by atoms with Gasteiger partial charge >= 0.3 is 5.97 Å². The summed E-state index contributed by atoms with van der Waals surface area (Å²) in [4.78, 5) is 11.6. The summed E-state index contributed by atoms with van der Waals surface area (Å²) < 4.78 is 40.6. The van der Waals surface area contributed by atoms with Crippen LogP contribution in [-0.4, -0.2) is 5.97 Å². The molecule has 0 fully saturated rings. The third-order valence-corrected chi connectivity index (χ3v) is 5.28. The molecule has 0 aliphatic rings. The maximum Gasteiger partial charge on any atom is 0.338 e. The van der Waals surface area contributed by atoms with Crippen LogP contribution < -0.4 is 4.74 Å². The second kappa shape index (κ2) is 10.3. The van der Waals surface area contributed by atoms with Crippen molar-refractivity contribution >= 4 is 5.97 Å². The van der Waals surface area contributed by atoms with Gasteiger partial charge in [-0.25, -0.2) is 13.6 Å². The third-order valence-electron chi connectivity index (χ3n) is 5.28. The summed E-state index contributed by atoms with van der Waals surface area (Å²) in [6.45, 7) is 10.4. The fourth-order valence-corrected chi connectivity index (χ4v) is 3.16. The zero-order valence-corrected chi connectivity index (χ0v) is 19.2. The molecule has 0 amide bonds. The van der Waals surface area contributed by atoms with Crippen molar-refractivity contribution in [2.75, 3.05) is 0 Å². The van der Waals surface area contributed by atoms with Crippen LogP contribution in [0, 0.1) is 11.6 Å². The van der Waals surface area contributed by atoms with E-state index in [9.17, 15) is 13.6 Å². The van der Waals surface area contributed by atoms with Crippen molar-refractivity contribution < 1.29 is 23.0 Å². The smallest absolute Gasteiger partial charge is 0.338 e. The molecule has 0 N–H and O–H groups in total. The first-order valence-electron chi connectivity index (χ1n) is 10.6. The Kier molecular flexibility index (Phi) is 7.44. The van der Waals surface area contributed by atoms with Crippen LogP contribution in [0.1, 0.15) is 33.3 Å². The molecule has 0 spiro atoms. The molecule has 3 aromatic carbocycles. The summed E-state index contributed by atoms with van der Waals surface area (Å²) in [7, 11) is 0. The number of carbonyl (C=O) groups is 1. The Morgan fingerprint density at radius 1 is 0.788 bits per heavy atom. The molecule has 0 aliphatic carbocycles. The van der Waals surface area contributed by atoms with E-state index in [1.54, 1.807) is 69.3 Å². The van der Waals surface area contributed by atoms with Crippen molar-refractivity contribution in [2.24, 2.45) is 0 Å². The molecule has 0 saturated heterocycles. The number of rotatable bonds is 7. The first-order valence-corrected chi connectivity index (χ1v) is 10.6. The molecule has 0 heterocycles. The zero-order chi connectivity index (χ0) is 24.1. The largest absolute Gasteiger partial charge is 0.459 e. The van der Waals surface area contributed by atoms with Crippen LogP contribution in [0.5, 0.6) is 5.75 Å². The Morgan fingerprint density at radius 2 is 1.27 bits per heavy atom. The van der Waals surface area contributed by atoms with Gasteiger partial charge in [0.15, 0.2) is 11.6 Å². The minimum Gasteiger partial charge on any atom is -0.459 e. The number of benzene rings is 3. The summed E-state index contributed by atoms with van der Waals surface area (Å²) >= 11 is 0. The van der Waals surface area contributed by atoms with Gasteiger partial charge in [0.05, 0.1) is 0 Å². The van der Waals surface area contributed by atoms with Gasteiger partial charge in [-0.3, -0.25) is 0 Å². The first-order chi connectivity index (χ1) is 15.7. The lowest BCUT2D eigenvalue weighted by Gasteiger charge is -2.12. The van der Waals surface area contributed by atoms with E-state index < -0.39 is 17.6 Å². The molecular weight excluding hydrogens is 422 g/mol. The molecule has 0 unspecified atom stereocenters. The predicted molar refractivity (Wildman–Crippen MR) is 127 cm³/mol. The number of aryl methyl sites for hydroxylation is 1. The maximum absolute atomic E-state index is 14.9. The van der Waals surface area contributed by atoms with Crippen LogP contribution in [0.4, 0.5) is 8.78 Å². The van der Waals surface area contributed by atoms with Crippen LogP contribution in [0.2, 0.25) is 0 Å². The van der Waals surface area contributed by atoms with Gasteiger partial charge in [0.2, 0.25) is 0 Å². The summed E-state index contributed by atoms with van der Waals surface area (Å²) in [5.41, 5.74) is 2.94. The van der Waals surface area contributed by atoms with Crippen LogP contribution in [-0.2, 0) is 16.0 Å². The van der Waals surface area contributed by atoms with Crippen molar-refractivity contribution in [3.05, 3.63) is 102 Å². The number of esters is 1. The maximum atomic E-state index is 14.9. The molecule has 3 nitrogen and oxygen atoms in total. The second-order valence-electron chi connectivity index (χ2n) is 7.75. The van der Waals surface area contributed by atoms with Gasteiger partial charge in [-0.1, -0.05) is 62.0 Å². The lowest BCUT2D eigenvalue weighted by atomic mass is 9.98. The molecule has 3 rings (SSSR count). The van der Waals surface area contributed by atoms with E-state index in [-0.39, 0.29) is 16.7 Å². The van der Waals surface area contributed by atoms with E-state index in [4.69, 9.17) is 9.47 Å². The number of ether oxygens (including phenoxy) is 2. The van der Waals surface area contributed by atoms with Crippen molar-refractivity contribution in [3.8, 4) is 28.0 Å². The molecule has 5 heteroatoms. The lowest BCUT2D eigenvalue weighted by molar-refractivity contribution is -0.135. The van der Waals surface area contributed by atoms with Crippen LogP contribution >= 0.6 is 0 Å². The van der Waals surface area contributed by atoms with E-state index in [0.29, 0.717) is 28.4 Å². The monoisotopic (exact) mass is 448 g/mol. The van der Waals surface area contributed by atoms with Crippen molar-refractivity contribution in [3.63, 3.8) is 0 Å². The molecule has 0 bridgehead atoms. The fraction of sp³-hybridized carbons (Fsp3) is 0.179. The van der Waals surface area contributed by atoms with Gasteiger partial charge in [-0.05, 0) is 56.0 Å². The van der Waals surface area contributed by atoms with E-state index in [1.165, 1.54) is 0 Å². The van der Waals surface area contributed by atoms with Crippen LogP contribution in [0.3, 0.4) is 0 Å². The van der Waals surface area contributed by atoms with E-state index in [1.807, 2.05) is 19.1 Å². The lowest BCUT2D eigenvalue weighted by Crippen LogP contribution is -2.06. The van der Waals surface area contributed by atoms with Gasteiger partial charge in [0.25, 0.3) is 0 Å². The van der Waals surface area contributed by atoms with Gasteiger partial charge < -0.3 is 9.47 Å². The Labute approximate surface area is 193 Å². The van der Waals surface area contributed by atoms with Crippen LogP contribution in [0.15, 0.2) is 84.3 Å². The molecule has 0 radical (unpaired) electrons. The normalized spacial score (nSPS) is 11.6. The van der Waals surface area contributed by atoms with E-state index in [2.05, 4.69) is 6.58 Å². The first kappa shape index (κ1) is 23.9. The Hall–Kier alpha value is -3.73. The van der Waals surface area contributed by atoms with Crippen molar-refractivity contribution in [2.45, 2.75) is 34.1 Å². The Bertz CT molecular complexity index is 1210. The number of hydrogen-bond acceptors (Lipinski definition) is 3. The third kappa shape index (κ3) is 5.55. The minimum atomic E-state index is -0.903. The van der Waals surface area contributed by atoms with Gasteiger partial charge in [0, 0.05) is 16.7 Å². The fourth-order valence-electron chi connectivity index (χ4n) is 3.16. The summed E-state index contributed by atoms with van der Waals surface area (Å²) in [6, 6.07) is 17.2. The standard InChI is InChI=1S/C28H26F2O3/c1-6-20-7-9-21(10-8-20)24-15-16-25(27(30)26(24)29)22-11-13-23(14-12-22)32-18(4)19(5)33-28(31)17(2)3/h7-16H,2,6H2,1,3-5H3/b19-18+.